The minimum Gasteiger partial charge on any atom is -0.452 e. The minimum atomic E-state index is -0.283. The van der Waals surface area contributed by atoms with Crippen LogP contribution in [0.25, 0.3) is 11.0 Å². The molecule has 3 rings (SSSR count). The first-order chi connectivity index (χ1) is 9.97. The van der Waals surface area contributed by atoms with Gasteiger partial charge in [0.2, 0.25) is 5.78 Å². The van der Waals surface area contributed by atoms with Crippen molar-refractivity contribution in [3.05, 3.63) is 67.8 Å². The molecule has 0 saturated heterocycles. The van der Waals surface area contributed by atoms with Crippen molar-refractivity contribution >= 4 is 55.9 Å². The van der Waals surface area contributed by atoms with Crippen molar-refractivity contribution in [1.82, 2.24) is 0 Å². The number of fused-ring (bicyclic) bond motifs is 1. The Hall–Kier alpha value is -1.29. The molecule has 3 aromatic rings. The molecule has 0 saturated carbocycles. The van der Waals surface area contributed by atoms with E-state index in [9.17, 15) is 4.79 Å². The molecule has 0 N–H and O–H groups in total. The van der Waals surface area contributed by atoms with Crippen LogP contribution < -0.4 is 0 Å². The van der Waals surface area contributed by atoms with E-state index in [1.807, 2.05) is 19.1 Å². The molecule has 1 heterocycles. The highest BCUT2D eigenvalue weighted by Crippen LogP contribution is 2.31. The number of carbonyl (C=O) groups excluding carboxylic acids is 1. The minimum absolute atomic E-state index is 0.238. The summed E-state index contributed by atoms with van der Waals surface area (Å²) < 4.78 is 6.63. The number of furan rings is 1. The molecular formula is C16H9BrCl2O2. The third kappa shape index (κ3) is 2.61. The Morgan fingerprint density at radius 3 is 2.71 bits per heavy atom. The quantitative estimate of drug-likeness (QED) is 0.505. The maximum atomic E-state index is 12.5. The van der Waals surface area contributed by atoms with Crippen molar-refractivity contribution in [2.75, 3.05) is 0 Å². The Labute approximate surface area is 139 Å². The average Bonchev–Trinajstić information content (AvgIpc) is 2.85. The molecule has 0 spiro atoms. The lowest BCUT2D eigenvalue weighted by molar-refractivity contribution is 0.101. The number of hydrogen-bond donors (Lipinski definition) is 0. The van der Waals surface area contributed by atoms with Gasteiger partial charge in [-0.25, -0.2) is 0 Å². The second-order valence-electron chi connectivity index (χ2n) is 4.68. The molecule has 2 aromatic carbocycles. The first-order valence-electron chi connectivity index (χ1n) is 6.16. The van der Waals surface area contributed by atoms with Crippen LogP contribution in [0.5, 0.6) is 0 Å². The van der Waals surface area contributed by atoms with Crippen molar-refractivity contribution in [3.8, 4) is 0 Å². The lowest BCUT2D eigenvalue weighted by Gasteiger charge is -2.02. The van der Waals surface area contributed by atoms with Gasteiger partial charge in [-0.05, 0) is 42.8 Å². The number of aryl methyl sites for hydroxylation is 1. The Bertz CT molecular complexity index is 868. The monoisotopic (exact) mass is 382 g/mol. The van der Waals surface area contributed by atoms with E-state index in [2.05, 4.69) is 15.9 Å². The maximum Gasteiger partial charge on any atom is 0.229 e. The molecule has 0 aliphatic carbocycles. The van der Waals surface area contributed by atoms with Gasteiger partial charge in [-0.2, -0.15) is 0 Å². The summed E-state index contributed by atoms with van der Waals surface area (Å²) in [5, 5.41) is 1.45. The molecule has 0 unspecified atom stereocenters. The molecule has 0 atom stereocenters. The topological polar surface area (TPSA) is 30.2 Å². The Balaban J connectivity index is 2.14. The van der Waals surface area contributed by atoms with Crippen LogP contribution in [0.2, 0.25) is 10.0 Å². The van der Waals surface area contributed by atoms with E-state index in [0.717, 1.165) is 15.4 Å². The number of carbonyl (C=O) groups is 1. The zero-order valence-electron chi connectivity index (χ0n) is 10.9. The highest BCUT2D eigenvalue weighted by molar-refractivity contribution is 9.10. The fourth-order valence-electron chi connectivity index (χ4n) is 2.21. The standard InChI is InChI=1S/C16H9BrCl2O2/c1-8-5-10(17)6-9-7-13(21-16(8)9)15(20)11-3-2-4-12(18)14(11)19/h2-7H,1H3. The van der Waals surface area contributed by atoms with Crippen LogP contribution in [0, 0.1) is 6.92 Å². The summed E-state index contributed by atoms with van der Waals surface area (Å²) in [4.78, 5) is 12.5. The van der Waals surface area contributed by atoms with Gasteiger partial charge in [0.25, 0.3) is 0 Å². The van der Waals surface area contributed by atoms with Gasteiger partial charge < -0.3 is 4.42 Å². The normalized spacial score (nSPS) is 11.0. The molecule has 5 heteroatoms. The molecule has 0 aliphatic rings. The highest BCUT2D eigenvalue weighted by atomic mass is 79.9. The third-order valence-corrected chi connectivity index (χ3v) is 4.46. The Kier molecular flexibility index (Phi) is 3.82. The molecule has 1 aromatic heterocycles. The molecule has 0 bridgehead atoms. The van der Waals surface area contributed by atoms with Crippen LogP contribution in [-0.2, 0) is 0 Å². The Morgan fingerprint density at radius 1 is 1.19 bits per heavy atom. The number of benzene rings is 2. The summed E-state index contributed by atoms with van der Waals surface area (Å²) in [7, 11) is 0. The smallest absolute Gasteiger partial charge is 0.229 e. The van der Waals surface area contributed by atoms with E-state index in [-0.39, 0.29) is 16.6 Å². The summed E-state index contributed by atoms with van der Waals surface area (Å²) >= 11 is 15.5. The van der Waals surface area contributed by atoms with E-state index in [4.69, 9.17) is 27.6 Å². The van der Waals surface area contributed by atoms with Crippen LogP contribution in [0.3, 0.4) is 0 Å². The third-order valence-electron chi connectivity index (χ3n) is 3.19. The number of ketones is 1. The SMILES string of the molecule is Cc1cc(Br)cc2cc(C(=O)c3cccc(Cl)c3Cl)oc12. The van der Waals surface area contributed by atoms with Crippen LogP contribution in [0.4, 0.5) is 0 Å². The second-order valence-corrected chi connectivity index (χ2v) is 6.38. The number of halogens is 3. The predicted molar refractivity (Wildman–Crippen MR) is 88.5 cm³/mol. The molecule has 21 heavy (non-hydrogen) atoms. The zero-order chi connectivity index (χ0) is 15.1. The summed E-state index contributed by atoms with van der Waals surface area (Å²) in [5.74, 6) is -0.0374. The van der Waals surface area contributed by atoms with Crippen molar-refractivity contribution in [2.24, 2.45) is 0 Å². The van der Waals surface area contributed by atoms with Gasteiger partial charge in [-0.3, -0.25) is 4.79 Å². The van der Waals surface area contributed by atoms with E-state index in [1.54, 1.807) is 24.3 Å². The molecule has 106 valence electrons. The average molecular weight is 384 g/mol. The summed E-state index contributed by atoms with van der Waals surface area (Å²) in [5.41, 5.74) is 1.98. The van der Waals surface area contributed by atoms with Crippen molar-refractivity contribution in [3.63, 3.8) is 0 Å². The molecule has 2 nitrogen and oxygen atoms in total. The van der Waals surface area contributed by atoms with Crippen molar-refractivity contribution < 1.29 is 9.21 Å². The van der Waals surface area contributed by atoms with Gasteiger partial charge in [-0.1, -0.05) is 45.2 Å². The summed E-state index contributed by atoms with van der Waals surface area (Å²) in [6.45, 7) is 1.93. The fraction of sp³-hybridized carbons (Fsp3) is 0.0625. The van der Waals surface area contributed by atoms with Gasteiger partial charge in [0.05, 0.1) is 10.0 Å². The molecule has 0 fully saturated rings. The van der Waals surface area contributed by atoms with Crippen LogP contribution in [0.15, 0.2) is 45.3 Å². The largest absolute Gasteiger partial charge is 0.452 e. The van der Waals surface area contributed by atoms with E-state index < -0.39 is 0 Å². The summed E-state index contributed by atoms with van der Waals surface area (Å²) in [6, 6.07) is 10.5. The zero-order valence-corrected chi connectivity index (χ0v) is 14.0. The highest BCUT2D eigenvalue weighted by Gasteiger charge is 2.19. The first-order valence-corrected chi connectivity index (χ1v) is 7.70. The number of rotatable bonds is 2. The van der Waals surface area contributed by atoms with Crippen molar-refractivity contribution in [1.29, 1.82) is 0 Å². The van der Waals surface area contributed by atoms with Gasteiger partial charge in [-0.15, -0.1) is 0 Å². The lowest BCUT2D eigenvalue weighted by Crippen LogP contribution is -2.00. The lowest BCUT2D eigenvalue weighted by atomic mass is 10.1. The molecule has 0 radical (unpaired) electrons. The number of hydrogen-bond acceptors (Lipinski definition) is 2. The van der Waals surface area contributed by atoms with Crippen molar-refractivity contribution in [2.45, 2.75) is 6.92 Å². The van der Waals surface area contributed by atoms with Gasteiger partial charge >= 0.3 is 0 Å². The first kappa shape index (κ1) is 14.6. The maximum absolute atomic E-state index is 12.5. The van der Waals surface area contributed by atoms with E-state index in [1.165, 1.54) is 0 Å². The molecule has 0 amide bonds. The fourth-order valence-corrected chi connectivity index (χ4v) is 3.18. The van der Waals surface area contributed by atoms with Crippen LogP contribution >= 0.6 is 39.1 Å². The Morgan fingerprint density at radius 2 is 1.95 bits per heavy atom. The van der Waals surface area contributed by atoms with Gasteiger partial charge in [0, 0.05) is 15.4 Å². The van der Waals surface area contributed by atoms with Crippen LogP contribution in [0.1, 0.15) is 21.7 Å². The van der Waals surface area contributed by atoms with Crippen LogP contribution in [-0.4, -0.2) is 5.78 Å². The van der Waals surface area contributed by atoms with Gasteiger partial charge in [0.1, 0.15) is 5.58 Å². The van der Waals surface area contributed by atoms with E-state index >= 15 is 0 Å². The predicted octanol–water partition coefficient (Wildman–Crippen LogP) is 6.04. The van der Waals surface area contributed by atoms with Gasteiger partial charge in [0.15, 0.2) is 5.76 Å². The summed E-state index contributed by atoms with van der Waals surface area (Å²) in [6.07, 6.45) is 0. The molecular weight excluding hydrogens is 375 g/mol. The molecule has 0 aliphatic heterocycles. The second kappa shape index (κ2) is 5.48. The van der Waals surface area contributed by atoms with E-state index in [0.29, 0.717) is 16.2 Å².